The monoisotopic (exact) mass is 219 g/mol. The van der Waals surface area contributed by atoms with Crippen molar-refractivity contribution in [2.45, 2.75) is 47.0 Å². The Bertz CT molecular complexity index is 311. The molecule has 0 saturated heterocycles. The highest BCUT2D eigenvalue weighted by Crippen LogP contribution is 2.24. The molecule has 0 aliphatic carbocycles. The van der Waals surface area contributed by atoms with E-state index < -0.39 is 0 Å². The van der Waals surface area contributed by atoms with Crippen LogP contribution in [0.2, 0.25) is 0 Å². The Balaban J connectivity index is 3.02. The summed E-state index contributed by atoms with van der Waals surface area (Å²) in [4.78, 5) is 2.53. The third-order valence-corrected chi connectivity index (χ3v) is 3.07. The van der Waals surface area contributed by atoms with Crippen LogP contribution in [0.25, 0.3) is 0 Å². The number of aryl methyl sites for hydroxylation is 1. The average molecular weight is 219 g/mol. The highest BCUT2D eigenvalue weighted by atomic mass is 15.1. The Morgan fingerprint density at radius 3 is 2.12 bits per heavy atom. The van der Waals surface area contributed by atoms with E-state index in [2.05, 4.69) is 50.8 Å². The highest BCUT2D eigenvalue weighted by Gasteiger charge is 2.10. The molecule has 1 heteroatoms. The molecule has 1 aromatic carbocycles. The van der Waals surface area contributed by atoms with Crippen molar-refractivity contribution >= 4 is 5.69 Å². The maximum atomic E-state index is 2.53. The predicted octanol–water partition coefficient (Wildman–Crippen LogP) is 4.18. The van der Waals surface area contributed by atoms with Crippen molar-refractivity contribution in [2.24, 2.45) is 0 Å². The quantitative estimate of drug-likeness (QED) is 0.693. The topological polar surface area (TPSA) is 3.24 Å². The zero-order valence-corrected chi connectivity index (χ0v) is 11.2. The van der Waals surface area contributed by atoms with Crippen LogP contribution in [-0.4, -0.2) is 13.1 Å². The van der Waals surface area contributed by atoms with E-state index >= 15 is 0 Å². The van der Waals surface area contributed by atoms with Crippen LogP contribution in [0.3, 0.4) is 0 Å². The molecule has 1 rings (SSSR count). The van der Waals surface area contributed by atoms with E-state index in [1.165, 1.54) is 42.7 Å². The molecule has 0 saturated carbocycles. The molecule has 0 heterocycles. The van der Waals surface area contributed by atoms with Crippen LogP contribution >= 0.6 is 0 Å². The van der Waals surface area contributed by atoms with Gasteiger partial charge in [0.15, 0.2) is 0 Å². The second kappa shape index (κ2) is 6.57. The molecule has 1 nitrogen and oxygen atoms in total. The third kappa shape index (κ3) is 3.01. The number of nitrogens with zero attached hydrogens (tertiary/aromatic N) is 1. The first-order valence-electron chi connectivity index (χ1n) is 6.57. The first kappa shape index (κ1) is 13.1. The normalized spacial score (nSPS) is 10.5. The predicted molar refractivity (Wildman–Crippen MR) is 73.4 cm³/mol. The molecule has 1 aromatic rings. The fourth-order valence-electron chi connectivity index (χ4n) is 2.34. The smallest absolute Gasteiger partial charge is 0.0401 e. The van der Waals surface area contributed by atoms with Crippen LogP contribution in [0, 0.1) is 6.92 Å². The van der Waals surface area contributed by atoms with Crippen LogP contribution in [0.1, 0.15) is 44.7 Å². The summed E-state index contributed by atoms with van der Waals surface area (Å²) in [5.74, 6) is 0. The number of benzene rings is 1. The lowest BCUT2D eigenvalue weighted by Crippen LogP contribution is -2.26. The first-order valence-corrected chi connectivity index (χ1v) is 6.57. The molecule has 16 heavy (non-hydrogen) atoms. The first-order chi connectivity index (χ1) is 7.74. The molecular weight excluding hydrogens is 194 g/mol. The molecule has 0 amide bonds. The summed E-state index contributed by atoms with van der Waals surface area (Å²) < 4.78 is 0. The molecule has 0 fully saturated rings. The van der Waals surface area contributed by atoms with Crippen LogP contribution in [0.15, 0.2) is 18.2 Å². The molecule has 0 aliphatic rings. The SMILES string of the molecule is CCCN(CCC)c1cccc(C)c1CC. The van der Waals surface area contributed by atoms with E-state index in [-0.39, 0.29) is 0 Å². The van der Waals surface area contributed by atoms with Gasteiger partial charge in [0.1, 0.15) is 0 Å². The Morgan fingerprint density at radius 2 is 1.62 bits per heavy atom. The maximum Gasteiger partial charge on any atom is 0.0401 e. The van der Waals surface area contributed by atoms with Crippen LogP contribution < -0.4 is 4.90 Å². The molecule has 0 unspecified atom stereocenters. The van der Waals surface area contributed by atoms with Gasteiger partial charge in [-0.25, -0.2) is 0 Å². The summed E-state index contributed by atoms with van der Waals surface area (Å²) in [6, 6.07) is 6.68. The minimum atomic E-state index is 1.13. The van der Waals surface area contributed by atoms with Gasteiger partial charge in [-0.05, 0) is 43.4 Å². The summed E-state index contributed by atoms with van der Waals surface area (Å²) in [5.41, 5.74) is 4.40. The summed E-state index contributed by atoms with van der Waals surface area (Å²) in [6.07, 6.45) is 3.57. The molecule has 0 N–H and O–H groups in total. The lowest BCUT2D eigenvalue weighted by atomic mass is 10.0. The van der Waals surface area contributed by atoms with Crippen molar-refractivity contribution in [1.29, 1.82) is 0 Å². The summed E-state index contributed by atoms with van der Waals surface area (Å²) >= 11 is 0. The zero-order valence-electron chi connectivity index (χ0n) is 11.2. The Hall–Kier alpha value is -0.980. The summed E-state index contributed by atoms with van der Waals surface area (Å²) in [6.45, 7) is 11.3. The number of hydrogen-bond donors (Lipinski definition) is 0. The molecule has 0 aliphatic heterocycles. The van der Waals surface area contributed by atoms with Crippen molar-refractivity contribution in [1.82, 2.24) is 0 Å². The largest absolute Gasteiger partial charge is 0.371 e. The lowest BCUT2D eigenvalue weighted by Gasteiger charge is -2.27. The van der Waals surface area contributed by atoms with Gasteiger partial charge < -0.3 is 4.90 Å². The standard InChI is InChI=1S/C15H25N/c1-5-11-16(12-6-2)15-10-8-9-13(4)14(15)7-3/h8-10H,5-7,11-12H2,1-4H3. The van der Waals surface area contributed by atoms with Crippen molar-refractivity contribution in [3.05, 3.63) is 29.3 Å². The van der Waals surface area contributed by atoms with E-state index in [0.29, 0.717) is 0 Å². The van der Waals surface area contributed by atoms with Gasteiger partial charge in [-0.3, -0.25) is 0 Å². The summed E-state index contributed by atoms with van der Waals surface area (Å²) in [5, 5.41) is 0. The van der Waals surface area contributed by atoms with E-state index in [4.69, 9.17) is 0 Å². The molecule has 90 valence electrons. The fourth-order valence-corrected chi connectivity index (χ4v) is 2.34. The number of anilines is 1. The Labute approximate surface area is 100 Å². The van der Waals surface area contributed by atoms with Gasteiger partial charge in [-0.1, -0.05) is 32.9 Å². The van der Waals surface area contributed by atoms with Crippen molar-refractivity contribution < 1.29 is 0 Å². The molecule has 0 aromatic heterocycles. The van der Waals surface area contributed by atoms with E-state index in [1.54, 1.807) is 0 Å². The molecule has 0 bridgehead atoms. The zero-order chi connectivity index (χ0) is 12.0. The van der Waals surface area contributed by atoms with Gasteiger partial charge in [-0.15, -0.1) is 0 Å². The van der Waals surface area contributed by atoms with E-state index in [0.717, 1.165) is 6.42 Å². The van der Waals surface area contributed by atoms with Gasteiger partial charge in [-0.2, -0.15) is 0 Å². The van der Waals surface area contributed by atoms with Crippen LogP contribution in [0.5, 0.6) is 0 Å². The van der Waals surface area contributed by atoms with Crippen LogP contribution in [-0.2, 0) is 6.42 Å². The lowest BCUT2D eigenvalue weighted by molar-refractivity contribution is 0.740. The second-order valence-electron chi connectivity index (χ2n) is 4.41. The van der Waals surface area contributed by atoms with Gasteiger partial charge in [0.05, 0.1) is 0 Å². The van der Waals surface area contributed by atoms with Crippen molar-refractivity contribution in [3.8, 4) is 0 Å². The van der Waals surface area contributed by atoms with Gasteiger partial charge in [0.25, 0.3) is 0 Å². The highest BCUT2D eigenvalue weighted by molar-refractivity contribution is 5.56. The van der Waals surface area contributed by atoms with Crippen molar-refractivity contribution in [3.63, 3.8) is 0 Å². The van der Waals surface area contributed by atoms with Gasteiger partial charge >= 0.3 is 0 Å². The number of rotatable bonds is 6. The van der Waals surface area contributed by atoms with E-state index in [9.17, 15) is 0 Å². The van der Waals surface area contributed by atoms with Gasteiger partial charge in [0, 0.05) is 18.8 Å². The minimum Gasteiger partial charge on any atom is -0.371 e. The minimum absolute atomic E-state index is 1.13. The number of hydrogen-bond acceptors (Lipinski definition) is 1. The maximum absolute atomic E-state index is 2.53. The molecular formula is C15H25N. The molecule has 0 radical (unpaired) electrons. The molecule has 0 spiro atoms. The molecule has 0 atom stereocenters. The van der Waals surface area contributed by atoms with E-state index in [1.807, 2.05) is 0 Å². The van der Waals surface area contributed by atoms with Crippen LogP contribution in [0.4, 0.5) is 5.69 Å². The van der Waals surface area contributed by atoms with Crippen molar-refractivity contribution in [2.75, 3.05) is 18.0 Å². The summed E-state index contributed by atoms with van der Waals surface area (Å²) in [7, 11) is 0. The third-order valence-electron chi connectivity index (χ3n) is 3.07. The Kier molecular flexibility index (Phi) is 5.37. The average Bonchev–Trinajstić information content (AvgIpc) is 2.28. The fraction of sp³-hybridized carbons (Fsp3) is 0.600. The van der Waals surface area contributed by atoms with Gasteiger partial charge in [0.2, 0.25) is 0 Å². The second-order valence-corrected chi connectivity index (χ2v) is 4.41. The Morgan fingerprint density at radius 1 is 1.00 bits per heavy atom.